The fourth-order valence-corrected chi connectivity index (χ4v) is 2.13. The number of hydrogen-bond acceptors (Lipinski definition) is 2. The summed E-state index contributed by atoms with van der Waals surface area (Å²) in [5.41, 5.74) is 8.08. The van der Waals surface area contributed by atoms with Gasteiger partial charge in [0, 0.05) is 24.4 Å². The third-order valence-electron chi connectivity index (χ3n) is 3.10. The van der Waals surface area contributed by atoms with E-state index < -0.39 is 0 Å². The molecule has 2 atom stereocenters. The van der Waals surface area contributed by atoms with Crippen LogP contribution in [-0.2, 0) is 0 Å². The van der Waals surface area contributed by atoms with Crippen LogP contribution in [0.2, 0.25) is 0 Å². The van der Waals surface area contributed by atoms with Crippen LogP contribution >= 0.6 is 15.9 Å². The second-order valence-corrected chi connectivity index (χ2v) is 5.12. The van der Waals surface area contributed by atoms with Crippen molar-refractivity contribution in [2.45, 2.75) is 18.9 Å². The van der Waals surface area contributed by atoms with Crippen LogP contribution in [-0.4, -0.2) is 4.98 Å². The Morgan fingerprint density at radius 3 is 2.44 bits per heavy atom. The molecule has 0 radical (unpaired) electrons. The van der Waals surface area contributed by atoms with Gasteiger partial charge in [0.1, 0.15) is 5.82 Å². The lowest BCUT2D eigenvalue weighted by Gasteiger charge is -2.20. The highest BCUT2D eigenvalue weighted by Crippen LogP contribution is 2.29. The molecule has 1 aromatic carbocycles. The Morgan fingerprint density at radius 1 is 1.17 bits per heavy atom. The van der Waals surface area contributed by atoms with E-state index in [0.717, 1.165) is 11.1 Å². The topological polar surface area (TPSA) is 38.9 Å². The highest BCUT2D eigenvalue weighted by molar-refractivity contribution is 9.10. The summed E-state index contributed by atoms with van der Waals surface area (Å²) < 4.78 is 13.9. The van der Waals surface area contributed by atoms with Gasteiger partial charge in [0.05, 0.1) is 4.47 Å². The number of nitrogens with two attached hydrogens (primary N) is 1. The Balaban J connectivity index is 2.25. The maximum atomic E-state index is 13.5. The van der Waals surface area contributed by atoms with E-state index in [1.165, 1.54) is 6.07 Å². The molecule has 18 heavy (non-hydrogen) atoms. The molecular formula is C14H14BrFN2. The first kappa shape index (κ1) is 13.2. The van der Waals surface area contributed by atoms with Gasteiger partial charge in [-0.25, -0.2) is 4.39 Å². The highest BCUT2D eigenvalue weighted by Gasteiger charge is 2.17. The smallest absolute Gasteiger partial charge is 0.137 e. The molecule has 2 N–H and O–H groups in total. The molecule has 0 spiro atoms. The zero-order chi connectivity index (χ0) is 13.1. The molecule has 1 heterocycles. The van der Waals surface area contributed by atoms with E-state index >= 15 is 0 Å². The van der Waals surface area contributed by atoms with Crippen molar-refractivity contribution in [1.29, 1.82) is 0 Å². The van der Waals surface area contributed by atoms with Crippen molar-refractivity contribution in [2.75, 3.05) is 0 Å². The molecule has 0 saturated heterocycles. The molecule has 94 valence electrons. The van der Waals surface area contributed by atoms with Crippen molar-refractivity contribution >= 4 is 15.9 Å². The molecule has 0 amide bonds. The van der Waals surface area contributed by atoms with Crippen LogP contribution < -0.4 is 5.73 Å². The first-order valence-corrected chi connectivity index (χ1v) is 6.49. The van der Waals surface area contributed by atoms with E-state index in [0.29, 0.717) is 4.47 Å². The summed E-state index contributed by atoms with van der Waals surface area (Å²) >= 11 is 3.14. The second kappa shape index (κ2) is 5.59. The monoisotopic (exact) mass is 308 g/mol. The molecular weight excluding hydrogens is 295 g/mol. The summed E-state index contributed by atoms with van der Waals surface area (Å²) in [4.78, 5) is 3.98. The molecule has 2 unspecified atom stereocenters. The summed E-state index contributed by atoms with van der Waals surface area (Å²) in [5.74, 6) is -0.182. The Labute approximate surface area is 114 Å². The molecule has 0 aliphatic heterocycles. The van der Waals surface area contributed by atoms with Gasteiger partial charge in [-0.2, -0.15) is 0 Å². The Bertz CT molecular complexity index is 531. The van der Waals surface area contributed by atoms with E-state index in [4.69, 9.17) is 5.73 Å². The van der Waals surface area contributed by atoms with Crippen molar-refractivity contribution in [3.05, 3.63) is 64.1 Å². The molecule has 2 aromatic rings. The van der Waals surface area contributed by atoms with E-state index in [9.17, 15) is 4.39 Å². The quantitative estimate of drug-likeness (QED) is 0.937. The van der Waals surface area contributed by atoms with Gasteiger partial charge in [0.25, 0.3) is 0 Å². The molecule has 0 bridgehead atoms. The van der Waals surface area contributed by atoms with Crippen LogP contribution in [0.3, 0.4) is 0 Å². The number of aromatic nitrogens is 1. The van der Waals surface area contributed by atoms with Gasteiger partial charge in [0.2, 0.25) is 0 Å². The molecule has 1 aromatic heterocycles. The Hall–Kier alpha value is -1.26. The third-order valence-corrected chi connectivity index (χ3v) is 3.74. The molecule has 0 saturated carbocycles. The number of benzene rings is 1. The first-order chi connectivity index (χ1) is 8.59. The minimum Gasteiger partial charge on any atom is -0.323 e. The number of halogens is 2. The largest absolute Gasteiger partial charge is 0.323 e. The second-order valence-electron chi connectivity index (χ2n) is 4.27. The molecule has 0 aliphatic rings. The normalized spacial score (nSPS) is 14.2. The average molecular weight is 309 g/mol. The lowest BCUT2D eigenvalue weighted by Crippen LogP contribution is -2.17. The zero-order valence-corrected chi connectivity index (χ0v) is 11.6. The van der Waals surface area contributed by atoms with Crippen LogP contribution in [0.4, 0.5) is 4.39 Å². The van der Waals surface area contributed by atoms with Crippen molar-refractivity contribution < 1.29 is 4.39 Å². The summed E-state index contributed by atoms with van der Waals surface area (Å²) in [6, 6.07) is 8.63. The van der Waals surface area contributed by atoms with Crippen molar-refractivity contribution in [1.82, 2.24) is 4.98 Å². The third kappa shape index (κ3) is 2.76. The maximum Gasteiger partial charge on any atom is 0.137 e. The zero-order valence-electron chi connectivity index (χ0n) is 9.98. The maximum absolute atomic E-state index is 13.5. The molecule has 4 heteroatoms. The molecule has 2 nitrogen and oxygen atoms in total. The van der Waals surface area contributed by atoms with Crippen molar-refractivity contribution in [3.8, 4) is 0 Å². The SMILES string of the molecule is CC(c1ccncc1)C(N)c1ccc(Br)c(F)c1. The van der Waals surface area contributed by atoms with E-state index in [-0.39, 0.29) is 17.8 Å². The van der Waals surface area contributed by atoms with Gasteiger partial charge in [0.15, 0.2) is 0 Å². The van der Waals surface area contributed by atoms with Crippen LogP contribution in [0.15, 0.2) is 47.2 Å². The van der Waals surface area contributed by atoms with Crippen molar-refractivity contribution in [3.63, 3.8) is 0 Å². The van der Waals surface area contributed by atoms with E-state index in [1.807, 2.05) is 25.1 Å². The van der Waals surface area contributed by atoms with Gasteiger partial charge in [-0.3, -0.25) is 4.98 Å². The predicted octanol–water partition coefficient (Wildman–Crippen LogP) is 3.79. The highest BCUT2D eigenvalue weighted by atomic mass is 79.9. The molecule has 2 rings (SSSR count). The van der Waals surface area contributed by atoms with Crippen molar-refractivity contribution in [2.24, 2.45) is 5.73 Å². The van der Waals surface area contributed by atoms with Gasteiger partial charge >= 0.3 is 0 Å². The molecule has 0 aliphatic carbocycles. The minimum absolute atomic E-state index is 0.105. The Morgan fingerprint density at radius 2 is 1.83 bits per heavy atom. The first-order valence-electron chi connectivity index (χ1n) is 5.70. The standard InChI is InChI=1S/C14H14BrFN2/c1-9(10-4-6-18-7-5-10)14(17)11-2-3-12(15)13(16)8-11/h2-9,14H,17H2,1H3. The number of nitrogens with zero attached hydrogens (tertiary/aromatic N) is 1. The molecule has 0 fully saturated rings. The van der Waals surface area contributed by atoms with E-state index in [1.54, 1.807) is 18.5 Å². The lowest BCUT2D eigenvalue weighted by molar-refractivity contribution is 0.580. The number of pyridine rings is 1. The fraction of sp³-hybridized carbons (Fsp3) is 0.214. The van der Waals surface area contributed by atoms with Crippen LogP contribution in [0.5, 0.6) is 0 Å². The Kier molecular flexibility index (Phi) is 4.09. The van der Waals surface area contributed by atoms with Gasteiger partial charge in [-0.1, -0.05) is 13.0 Å². The summed E-state index contributed by atoms with van der Waals surface area (Å²) in [6.45, 7) is 2.03. The average Bonchev–Trinajstić information content (AvgIpc) is 2.41. The van der Waals surface area contributed by atoms with Gasteiger partial charge in [-0.15, -0.1) is 0 Å². The van der Waals surface area contributed by atoms with Crippen LogP contribution in [0.1, 0.15) is 30.0 Å². The summed E-state index contributed by atoms with van der Waals surface area (Å²) in [6.07, 6.45) is 3.47. The summed E-state index contributed by atoms with van der Waals surface area (Å²) in [7, 11) is 0. The van der Waals surface area contributed by atoms with E-state index in [2.05, 4.69) is 20.9 Å². The number of hydrogen-bond donors (Lipinski definition) is 1. The minimum atomic E-state index is -0.287. The summed E-state index contributed by atoms with van der Waals surface area (Å²) in [5, 5.41) is 0. The lowest BCUT2D eigenvalue weighted by atomic mass is 9.90. The van der Waals surface area contributed by atoms with Gasteiger partial charge in [-0.05, 0) is 51.3 Å². The fourth-order valence-electron chi connectivity index (χ4n) is 1.88. The van der Waals surface area contributed by atoms with Crippen LogP contribution in [0, 0.1) is 5.82 Å². The number of rotatable bonds is 3. The van der Waals surface area contributed by atoms with Gasteiger partial charge < -0.3 is 5.73 Å². The predicted molar refractivity (Wildman–Crippen MR) is 73.7 cm³/mol. The van der Waals surface area contributed by atoms with Crippen LogP contribution in [0.25, 0.3) is 0 Å².